The highest BCUT2D eigenvalue weighted by Gasteiger charge is 2.28. The average Bonchev–Trinajstić information content (AvgIpc) is 3.24. The lowest BCUT2D eigenvalue weighted by Gasteiger charge is -2.25. The second-order valence-electron chi connectivity index (χ2n) is 6.58. The third-order valence-electron chi connectivity index (χ3n) is 4.59. The van der Waals surface area contributed by atoms with Crippen LogP contribution >= 0.6 is 11.6 Å². The number of ether oxygens (including phenoxy) is 2. The second-order valence-corrected chi connectivity index (χ2v) is 8.85. The summed E-state index contributed by atoms with van der Waals surface area (Å²) in [5, 5.41) is 3.01. The molecule has 0 spiro atoms. The Balaban J connectivity index is 1.87. The molecule has 1 saturated heterocycles. The van der Waals surface area contributed by atoms with E-state index < -0.39 is 15.9 Å². The molecule has 1 amide bonds. The molecule has 0 bridgehead atoms. The van der Waals surface area contributed by atoms with E-state index in [2.05, 4.69) is 5.32 Å². The van der Waals surface area contributed by atoms with Crippen LogP contribution in [0.5, 0.6) is 5.75 Å². The second kappa shape index (κ2) is 9.47. The van der Waals surface area contributed by atoms with Gasteiger partial charge in [-0.3, -0.25) is 9.10 Å². The maximum absolute atomic E-state index is 13.2. The van der Waals surface area contributed by atoms with Crippen LogP contribution in [0.1, 0.15) is 12.8 Å². The fourth-order valence-corrected chi connectivity index (χ4v) is 4.75. The molecule has 9 heteroatoms. The maximum atomic E-state index is 13.2. The van der Waals surface area contributed by atoms with Gasteiger partial charge in [-0.05, 0) is 43.2 Å². The van der Waals surface area contributed by atoms with E-state index in [0.29, 0.717) is 18.9 Å². The van der Waals surface area contributed by atoms with Gasteiger partial charge < -0.3 is 14.8 Å². The number of anilines is 1. The number of methoxy groups -OCH3 is 1. The lowest BCUT2D eigenvalue weighted by Crippen LogP contribution is -2.42. The molecule has 1 unspecified atom stereocenters. The van der Waals surface area contributed by atoms with Gasteiger partial charge in [-0.25, -0.2) is 8.42 Å². The van der Waals surface area contributed by atoms with E-state index in [-0.39, 0.29) is 28.3 Å². The van der Waals surface area contributed by atoms with E-state index in [0.717, 1.165) is 17.1 Å². The fourth-order valence-electron chi connectivity index (χ4n) is 3.06. The molecular formula is C20H23ClN2O5S. The third kappa shape index (κ3) is 5.20. The van der Waals surface area contributed by atoms with Gasteiger partial charge >= 0.3 is 0 Å². The smallest absolute Gasteiger partial charge is 0.264 e. The minimum atomic E-state index is -3.98. The number of nitrogens with one attached hydrogen (secondary N) is 1. The zero-order valence-electron chi connectivity index (χ0n) is 16.0. The Bertz CT molecular complexity index is 947. The molecule has 1 aliphatic rings. The van der Waals surface area contributed by atoms with Gasteiger partial charge in [0.1, 0.15) is 12.3 Å². The zero-order chi connectivity index (χ0) is 20.9. The Morgan fingerprint density at radius 2 is 2.03 bits per heavy atom. The molecule has 0 saturated carbocycles. The van der Waals surface area contributed by atoms with E-state index >= 15 is 0 Å². The van der Waals surface area contributed by atoms with Crippen molar-refractivity contribution in [2.75, 3.05) is 31.1 Å². The SMILES string of the molecule is COc1ccc(N(CC(=O)NCC2CCCO2)S(=O)(=O)c2ccccc2)cc1Cl. The summed E-state index contributed by atoms with van der Waals surface area (Å²) < 4.78 is 38.1. The summed E-state index contributed by atoms with van der Waals surface area (Å²) in [4.78, 5) is 12.6. The van der Waals surface area contributed by atoms with Crippen molar-refractivity contribution < 1.29 is 22.7 Å². The number of carbonyl (C=O) groups is 1. The number of hydrogen-bond donors (Lipinski definition) is 1. The van der Waals surface area contributed by atoms with Crippen LogP contribution in [0, 0.1) is 0 Å². The van der Waals surface area contributed by atoms with Gasteiger partial charge in [0, 0.05) is 13.2 Å². The maximum Gasteiger partial charge on any atom is 0.264 e. The minimum absolute atomic E-state index is 0.0337. The van der Waals surface area contributed by atoms with E-state index in [4.69, 9.17) is 21.1 Å². The van der Waals surface area contributed by atoms with Crippen molar-refractivity contribution in [3.8, 4) is 5.75 Å². The highest BCUT2D eigenvalue weighted by atomic mass is 35.5. The first-order valence-electron chi connectivity index (χ1n) is 9.21. The monoisotopic (exact) mass is 438 g/mol. The van der Waals surface area contributed by atoms with Crippen molar-refractivity contribution in [3.05, 3.63) is 53.6 Å². The van der Waals surface area contributed by atoms with Gasteiger partial charge in [-0.15, -0.1) is 0 Å². The Morgan fingerprint density at radius 3 is 2.66 bits per heavy atom. The van der Waals surface area contributed by atoms with Gasteiger partial charge in [0.05, 0.1) is 28.8 Å². The van der Waals surface area contributed by atoms with E-state index in [1.54, 1.807) is 30.3 Å². The Kier molecular flexibility index (Phi) is 7.00. The number of halogens is 1. The summed E-state index contributed by atoms with van der Waals surface area (Å²) in [6.45, 7) is 0.646. The predicted octanol–water partition coefficient (Wildman–Crippen LogP) is 2.84. The largest absolute Gasteiger partial charge is 0.495 e. The van der Waals surface area contributed by atoms with Crippen molar-refractivity contribution in [1.82, 2.24) is 5.32 Å². The molecule has 0 aliphatic carbocycles. The average molecular weight is 439 g/mol. The number of nitrogens with zero attached hydrogens (tertiary/aromatic N) is 1. The quantitative estimate of drug-likeness (QED) is 0.685. The summed E-state index contributed by atoms with van der Waals surface area (Å²) in [6.07, 6.45) is 1.80. The first-order chi connectivity index (χ1) is 13.9. The van der Waals surface area contributed by atoms with Crippen LogP contribution in [0.3, 0.4) is 0 Å². The van der Waals surface area contributed by atoms with Crippen LogP contribution in [0.15, 0.2) is 53.4 Å². The molecule has 29 heavy (non-hydrogen) atoms. The topological polar surface area (TPSA) is 84.9 Å². The molecule has 7 nitrogen and oxygen atoms in total. The zero-order valence-corrected chi connectivity index (χ0v) is 17.6. The molecule has 1 aliphatic heterocycles. The molecule has 2 aromatic carbocycles. The van der Waals surface area contributed by atoms with Crippen LogP contribution < -0.4 is 14.4 Å². The lowest BCUT2D eigenvalue weighted by molar-refractivity contribution is -0.120. The van der Waals surface area contributed by atoms with Crippen molar-refractivity contribution in [3.63, 3.8) is 0 Å². The highest BCUT2D eigenvalue weighted by Crippen LogP contribution is 2.31. The van der Waals surface area contributed by atoms with Crippen molar-refractivity contribution in [2.24, 2.45) is 0 Å². The van der Waals surface area contributed by atoms with Gasteiger partial charge in [0.25, 0.3) is 10.0 Å². The highest BCUT2D eigenvalue weighted by molar-refractivity contribution is 7.92. The summed E-state index contributed by atoms with van der Waals surface area (Å²) in [5.41, 5.74) is 0.270. The standard InChI is InChI=1S/C20H23ClN2O5S/c1-27-19-10-9-15(12-18(19)21)23(29(25,26)17-7-3-2-4-8-17)14-20(24)22-13-16-6-5-11-28-16/h2-4,7-10,12,16H,5-6,11,13-14H2,1H3,(H,22,24). The predicted molar refractivity (Wildman–Crippen MR) is 111 cm³/mol. The fraction of sp³-hybridized carbons (Fsp3) is 0.350. The summed E-state index contributed by atoms with van der Waals surface area (Å²) in [7, 11) is -2.51. The number of hydrogen-bond acceptors (Lipinski definition) is 5. The molecule has 1 atom stereocenters. The Morgan fingerprint density at radius 1 is 1.28 bits per heavy atom. The molecule has 156 valence electrons. The first-order valence-corrected chi connectivity index (χ1v) is 11.0. The Hall–Kier alpha value is -2.29. The normalized spacial score (nSPS) is 16.4. The minimum Gasteiger partial charge on any atom is -0.495 e. The number of carbonyl (C=O) groups excluding carboxylic acids is 1. The lowest BCUT2D eigenvalue weighted by atomic mass is 10.2. The molecule has 1 N–H and O–H groups in total. The molecule has 0 aromatic heterocycles. The van der Waals surface area contributed by atoms with E-state index in [1.807, 2.05) is 0 Å². The summed E-state index contributed by atoms with van der Waals surface area (Å²) in [5.74, 6) is -0.0118. The van der Waals surface area contributed by atoms with Gasteiger partial charge in [-0.2, -0.15) is 0 Å². The molecule has 1 heterocycles. The molecule has 2 aromatic rings. The van der Waals surface area contributed by atoms with Gasteiger partial charge in [-0.1, -0.05) is 29.8 Å². The van der Waals surface area contributed by atoms with Crippen molar-refractivity contribution >= 4 is 33.2 Å². The third-order valence-corrected chi connectivity index (χ3v) is 6.68. The molecule has 1 fully saturated rings. The number of benzene rings is 2. The number of rotatable bonds is 8. The van der Waals surface area contributed by atoms with Crippen LogP contribution in [-0.4, -0.2) is 47.2 Å². The van der Waals surface area contributed by atoms with Crippen LogP contribution in [0.4, 0.5) is 5.69 Å². The van der Waals surface area contributed by atoms with Crippen molar-refractivity contribution in [1.29, 1.82) is 0 Å². The summed E-state index contributed by atoms with van der Waals surface area (Å²) in [6, 6.07) is 12.5. The van der Waals surface area contributed by atoms with E-state index in [1.165, 1.54) is 25.3 Å². The molecular weight excluding hydrogens is 416 g/mol. The van der Waals surface area contributed by atoms with E-state index in [9.17, 15) is 13.2 Å². The Labute approximate surface area is 175 Å². The van der Waals surface area contributed by atoms with Gasteiger partial charge in [0.2, 0.25) is 5.91 Å². The van der Waals surface area contributed by atoms with Crippen LogP contribution in [-0.2, 0) is 19.6 Å². The van der Waals surface area contributed by atoms with Gasteiger partial charge in [0.15, 0.2) is 0 Å². The first kappa shape index (κ1) is 21.4. The summed E-state index contributed by atoms with van der Waals surface area (Å²) >= 11 is 6.19. The molecule has 0 radical (unpaired) electrons. The number of amides is 1. The molecule has 3 rings (SSSR count). The number of sulfonamides is 1. The van der Waals surface area contributed by atoms with Crippen LogP contribution in [0.25, 0.3) is 0 Å². The van der Waals surface area contributed by atoms with Crippen LogP contribution in [0.2, 0.25) is 5.02 Å². The van der Waals surface area contributed by atoms with Crippen molar-refractivity contribution in [2.45, 2.75) is 23.8 Å².